The molecule has 2 heteroatoms. The van der Waals surface area contributed by atoms with Crippen molar-refractivity contribution >= 4 is 0 Å². The van der Waals surface area contributed by atoms with Gasteiger partial charge in [-0.1, -0.05) is 19.3 Å². The zero-order valence-electron chi connectivity index (χ0n) is 7.28. The van der Waals surface area contributed by atoms with E-state index in [1.807, 2.05) is 0 Å². The van der Waals surface area contributed by atoms with Gasteiger partial charge in [-0.3, -0.25) is 0 Å². The van der Waals surface area contributed by atoms with Gasteiger partial charge in [0, 0.05) is 6.54 Å². The fourth-order valence-corrected chi connectivity index (χ4v) is 1.87. The van der Waals surface area contributed by atoms with Crippen LogP contribution < -0.4 is 5.73 Å². The lowest BCUT2D eigenvalue weighted by Crippen LogP contribution is -2.38. The second-order valence-electron chi connectivity index (χ2n) is 3.82. The van der Waals surface area contributed by atoms with Crippen molar-refractivity contribution in [3.05, 3.63) is 0 Å². The molecule has 0 amide bonds. The van der Waals surface area contributed by atoms with Crippen LogP contribution in [0.25, 0.3) is 0 Å². The fraction of sp³-hybridized carbons (Fsp3) is 1.00. The highest BCUT2D eigenvalue weighted by molar-refractivity contribution is 4.85. The van der Waals surface area contributed by atoms with Crippen LogP contribution in [0.15, 0.2) is 0 Å². The third-order valence-corrected chi connectivity index (χ3v) is 2.86. The Labute approximate surface area is 68.2 Å². The molecule has 0 aromatic carbocycles. The van der Waals surface area contributed by atoms with E-state index >= 15 is 0 Å². The Bertz CT molecular complexity index is 117. The van der Waals surface area contributed by atoms with Crippen molar-refractivity contribution in [2.45, 2.75) is 44.7 Å². The lowest BCUT2D eigenvalue weighted by atomic mass is 9.79. The van der Waals surface area contributed by atoms with Gasteiger partial charge in [0.2, 0.25) is 0 Å². The Hall–Kier alpha value is -0.110. The van der Waals surface area contributed by atoms with Gasteiger partial charge in [0.15, 0.2) is 0 Å². The molecule has 11 heavy (non-hydrogen) atoms. The van der Waals surface area contributed by atoms with Crippen LogP contribution in [-0.2, 0) is 0 Å². The van der Waals surface area contributed by atoms with Crippen molar-refractivity contribution < 1.29 is 4.39 Å². The number of alkyl halides is 1. The van der Waals surface area contributed by atoms with Crippen LogP contribution in [0.3, 0.4) is 0 Å². The Morgan fingerprint density at radius 1 is 1.36 bits per heavy atom. The normalized spacial score (nSPS) is 26.5. The minimum absolute atomic E-state index is 0.178. The van der Waals surface area contributed by atoms with Crippen molar-refractivity contribution in [1.82, 2.24) is 0 Å². The summed E-state index contributed by atoms with van der Waals surface area (Å²) in [7, 11) is 0. The molecule has 0 aliphatic heterocycles. The first-order chi connectivity index (χ1) is 5.17. The van der Waals surface area contributed by atoms with Gasteiger partial charge in [-0.15, -0.1) is 0 Å². The summed E-state index contributed by atoms with van der Waals surface area (Å²) in [5, 5.41) is 0. The summed E-state index contributed by atoms with van der Waals surface area (Å²) in [4.78, 5) is 0. The predicted molar refractivity (Wildman–Crippen MR) is 45.1 cm³/mol. The first-order valence-corrected chi connectivity index (χ1v) is 4.56. The average Bonchev–Trinajstić information content (AvgIpc) is 2.06. The molecule has 0 saturated heterocycles. The second kappa shape index (κ2) is 3.53. The van der Waals surface area contributed by atoms with Crippen LogP contribution >= 0.6 is 0 Å². The lowest BCUT2D eigenvalue weighted by Gasteiger charge is -2.32. The van der Waals surface area contributed by atoms with Crippen LogP contribution in [0.5, 0.6) is 0 Å². The molecule has 0 heterocycles. The number of hydrogen-bond acceptors (Lipinski definition) is 1. The van der Waals surface area contributed by atoms with E-state index < -0.39 is 5.67 Å². The summed E-state index contributed by atoms with van der Waals surface area (Å²) in [5.74, 6) is 0.223. The van der Waals surface area contributed by atoms with E-state index in [0.29, 0.717) is 0 Å². The summed E-state index contributed by atoms with van der Waals surface area (Å²) in [6.45, 7) is 1.82. The molecule has 1 aliphatic carbocycles. The van der Waals surface area contributed by atoms with Crippen LogP contribution in [0, 0.1) is 5.92 Å². The summed E-state index contributed by atoms with van der Waals surface area (Å²) in [5.41, 5.74) is 4.25. The summed E-state index contributed by atoms with van der Waals surface area (Å²) >= 11 is 0. The maximum atomic E-state index is 13.6. The monoisotopic (exact) mass is 159 g/mol. The molecule has 1 rings (SSSR count). The van der Waals surface area contributed by atoms with Crippen molar-refractivity contribution in [3.63, 3.8) is 0 Å². The quantitative estimate of drug-likeness (QED) is 0.657. The van der Waals surface area contributed by atoms with Crippen molar-refractivity contribution in [2.24, 2.45) is 11.7 Å². The second-order valence-corrected chi connectivity index (χ2v) is 3.82. The topological polar surface area (TPSA) is 26.0 Å². The molecule has 0 spiro atoms. The van der Waals surface area contributed by atoms with Gasteiger partial charge in [-0.2, -0.15) is 0 Å². The van der Waals surface area contributed by atoms with E-state index in [1.54, 1.807) is 6.92 Å². The molecule has 0 aromatic rings. The van der Waals surface area contributed by atoms with Gasteiger partial charge in [0.05, 0.1) is 0 Å². The molecule has 1 fully saturated rings. The molecule has 1 nitrogen and oxygen atoms in total. The molecule has 1 saturated carbocycles. The minimum atomic E-state index is -1.11. The zero-order valence-corrected chi connectivity index (χ0v) is 7.28. The van der Waals surface area contributed by atoms with E-state index in [0.717, 1.165) is 12.8 Å². The van der Waals surface area contributed by atoms with Crippen LogP contribution in [0.2, 0.25) is 0 Å². The van der Waals surface area contributed by atoms with Gasteiger partial charge in [0.25, 0.3) is 0 Å². The lowest BCUT2D eigenvalue weighted by molar-refractivity contribution is 0.0834. The minimum Gasteiger partial charge on any atom is -0.328 e. The first kappa shape index (κ1) is 8.98. The Morgan fingerprint density at radius 2 is 1.91 bits per heavy atom. The van der Waals surface area contributed by atoms with Crippen molar-refractivity contribution in [2.75, 3.05) is 6.54 Å². The summed E-state index contributed by atoms with van der Waals surface area (Å²) < 4.78 is 13.6. The van der Waals surface area contributed by atoms with Gasteiger partial charge < -0.3 is 5.73 Å². The first-order valence-electron chi connectivity index (χ1n) is 4.56. The summed E-state index contributed by atoms with van der Waals surface area (Å²) in [6, 6.07) is 0. The molecule has 0 bridgehead atoms. The van der Waals surface area contributed by atoms with Crippen LogP contribution in [-0.4, -0.2) is 12.2 Å². The standard InChI is InChI=1S/C9H18FN/c1-9(10,7-11)8-5-3-2-4-6-8/h8H,2-7,11H2,1H3. The van der Waals surface area contributed by atoms with Gasteiger partial charge in [-0.25, -0.2) is 4.39 Å². The Balaban J connectivity index is 2.43. The largest absolute Gasteiger partial charge is 0.328 e. The number of rotatable bonds is 2. The van der Waals surface area contributed by atoms with Gasteiger partial charge in [-0.05, 0) is 25.7 Å². The molecular formula is C9H18FN. The highest BCUT2D eigenvalue weighted by atomic mass is 19.1. The number of hydrogen-bond donors (Lipinski definition) is 1. The number of nitrogens with two attached hydrogens (primary N) is 1. The Kier molecular flexibility index (Phi) is 2.88. The van der Waals surface area contributed by atoms with E-state index in [1.165, 1.54) is 19.3 Å². The molecule has 1 aliphatic rings. The molecule has 0 aromatic heterocycles. The molecule has 66 valence electrons. The molecule has 2 N–H and O–H groups in total. The van der Waals surface area contributed by atoms with Crippen LogP contribution in [0.4, 0.5) is 4.39 Å². The van der Waals surface area contributed by atoms with Crippen molar-refractivity contribution in [3.8, 4) is 0 Å². The zero-order chi connectivity index (χ0) is 8.32. The Morgan fingerprint density at radius 3 is 2.36 bits per heavy atom. The molecule has 1 unspecified atom stereocenters. The van der Waals surface area contributed by atoms with Gasteiger partial charge >= 0.3 is 0 Å². The van der Waals surface area contributed by atoms with Crippen LogP contribution in [0.1, 0.15) is 39.0 Å². The summed E-state index contributed by atoms with van der Waals surface area (Å²) in [6.07, 6.45) is 5.71. The van der Waals surface area contributed by atoms with E-state index in [9.17, 15) is 4.39 Å². The molecule has 1 atom stereocenters. The fourth-order valence-electron chi connectivity index (χ4n) is 1.87. The highest BCUT2D eigenvalue weighted by Gasteiger charge is 2.33. The van der Waals surface area contributed by atoms with E-state index in [2.05, 4.69) is 0 Å². The maximum absolute atomic E-state index is 13.6. The maximum Gasteiger partial charge on any atom is 0.123 e. The third kappa shape index (κ3) is 2.16. The molecule has 0 radical (unpaired) electrons. The highest BCUT2D eigenvalue weighted by Crippen LogP contribution is 2.34. The van der Waals surface area contributed by atoms with Gasteiger partial charge in [0.1, 0.15) is 5.67 Å². The van der Waals surface area contributed by atoms with Crippen molar-refractivity contribution in [1.29, 1.82) is 0 Å². The number of halogens is 1. The van der Waals surface area contributed by atoms with E-state index in [-0.39, 0.29) is 12.5 Å². The van der Waals surface area contributed by atoms with E-state index in [4.69, 9.17) is 5.73 Å². The third-order valence-electron chi connectivity index (χ3n) is 2.86. The average molecular weight is 159 g/mol. The smallest absolute Gasteiger partial charge is 0.123 e. The molecular weight excluding hydrogens is 141 g/mol. The SMILES string of the molecule is CC(F)(CN)C1CCCCC1. The predicted octanol–water partition coefficient (Wildman–Crippen LogP) is 2.25.